The quantitative estimate of drug-likeness (QED) is 0.481. The number of esters is 1. The summed E-state index contributed by atoms with van der Waals surface area (Å²) in [6, 6.07) is 0. The molecule has 0 saturated carbocycles. The van der Waals surface area contributed by atoms with Gasteiger partial charge in [0.2, 0.25) is 0 Å². The summed E-state index contributed by atoms with van der Waals surface area (Å²) in [7, 11) is 1.30. The highest BCUT2D eigenvalue weighted by Crippen LogP contribution is 2.04. The molecule has 13 heavy (non-hydrogen) atoms. The first kappa shape index (κ1) is 11.4. The molecule has 1 aromatic rings. The lowest BCUT2D eigenvalue weighted by molar-refractivity contribution is -0.106. The molecule has 1 rings (SSSR count). The lowest BCUT2D eigenvalue weighted by Gasteiger charge is -1.91. The predicted octanol–water partition coefficient (Wildman–Crippen LogP) is 0.975. The minimum atomic E-state index is -0.466. The first-order chi connectivity index (χ1) is 6.17. The Morgan fingerprint density at radius 3 is 2.54 bits per heavy atom. The Morgan fingerprint density at radius 2 is 2.23 bits per heavy atom. The van der Waals surface area contributed by atoms with Gasteiger partial charge in [-0.2, -0.15) is 0 Å². The van der Waals surface area contributed by atoms with Crippen molar-refractivity contribution in [3.05, 3.63) is 17.8 Å². The average molecular weight is 185 g/mol. The van der Waals surface area contributed by atoms with Crippen molar-refractivity contribution in [3.63, 3.8) is 0 Å². The Kier molecular flexibility index (Phi) is 5.18. The van der Waals surface area contributed by atoms with Gasteiger partial charge in [0.25, 0.3) is 0 Å². The molecule has 0 atom stereocenters. The third-order valence-electron chi connectivity index (χ3n) is 1.12. The van der Waals surface area contributed by atoms with Crippen molar-refractivity contribution >= 4 is 12.3 Å². The van der Waals surface area contributed by atoms with Gasteiger partial charge in [0.15, 0.2) is 12.1 Å². The lowest BCUT2D eigenvalue weighted by atomic mass is 10.4. The summed E-state index contributed by atoms with van der Waals surface area (Å²) in [4.78, 5) is 23.2. The highest BCUT2D eigenvalue weighted by molar-refractivity contribution is 5.87. The number of ether oxygens (including phenoxy) is 1. The third-order valence-corrected chi connectivity index (χ3v) is 1.12. The van der Waals surface area contributed by atoms with Crippen LogP contribution in [0, 0.1) is 6.92 Å². The van der Waals surface area contributed by atoms with Crippen LogP contribution in [0.4, 0.5) is 0 Å². The van der Waals surface area contributed by atoms with E-state index in [1.54, 1.807) is 6.92 Å². The Bertz CT molecular complexity index is 279. The molecular weight excluding hydrogens is 174 g/mol. The van der Waals surface area contributed by atoms with Crippen molar-refractivity contribution in [3.8, 4) is 0 Å². The summed E-state index contributed by atoms with van der Waals surface area (Å²) < 4.78 is 9.19. The molecule has 0 spiro atoms. The Hall–Kier alpha value is -1.65. The van der Waals surface area contributed by atoms with E-state index in [0.717, 1.165) is 6.29 Å². The van der Waals surface area contributed by atoms with Gasteiger partial charge in [-0.15, -0.1) is 0 Å². The van der Waals surface area contributed by atoms with Crippen LogP contribution in [0.5, 0.6) is 0 Å². The fourth-order valence-corrected chi connectivity index (χ4v) is 0.598. The van der Waals surface area contributed by atoms with Crippen LogP contribution in [0.2, 0.25) is 0 Å². The largest absolute Gasteiger partial charge is 0.464 e. The summed E-state index contributed by atoms with van der Waals surface area (Å²) in [5.74, 6) is 0.0121. The number of hydrogen-bond acceptors (Lipinski definition) is 5. The molecule has 0 aromatic carbocycles. The second-order valence-electron chi connectivity index (χ2n) is 1.98. The Labute approximate surface area is 75.7 Å². The second kappa shape index (κ2) is 5.93. The van der Waals surface area contributed by atoms with Gasteiger partial charge in [-0.05, 0) is 13.8 Å². The lowest BCUT2D eigenvalue weighted by Crippen LogP contribution is -2.02. The number of carbonyl (C=O) groups is 2. The van der Waals surface area contributed by atoms with Crippen molar-refractivity contribution in [1.29, 1.82) is 0 Å². The number of oxazole rings is 1. The average Bonchev–Trinajstić information content (AvgIpc) is 2.52. The monoisotopic (exact) mass is 185 g/mol. The van der Waals surface area contributed by atoms with Gasteiger partial charge in [-0.1, -0.05) is 0 Å². The molecule has 0 saturated heterocycles. The molecule has 0 bridgehead atoms. The molecule has 0 N–H and O–H groups in total. The molecule has 5 nitrogen and oxygen atoms in total. The van der Waals surface area contributed by atoms with E-state index in [2.05, 4.69) is 9.72 Å². The number of methoxy groups -OCH3 is 1. The fourth-order valence-electron chi connectivity index (χ4n) is 0.598. The topological polar surface area (TPSA) is 69.4 Å². The van der Waals surface area contributed by atoms with Gasteiger partial charge in [0.05, 0.1) is 7.11 Å². The summed E-state index contributed by atoms with van der Waals surface area (Å²) in [6.45, 7) is 3.10. The van der Waals surface area contributed by atoms with Crippen LogP contribution in [0.15, 0.2) is 10.8 Å². The smallest absolute Gasteiger partial charge is 0.360 e. The normalized spacial score (nSPS) is 8.23. The van der Waals surface area contributed by atoms with Crippen molar-refractivity contribution in [2.45, 2.75) is 13.8 Å². The van der Waals surface area contributed by atoms with E-state index >= 15 is 0 Å². The van der Waals surface area contributed by atoms with Gasteiger partial charge < -0.3 is 13.9 Å². The molecule has 0 unspecified atom stereocenters. The zero-order chi connectivity index (χ0) is 10.3. The standard InChI is InChI=1S/C6H7NO3.C2H4O/c1-4-5(6(8)9-2)7-3-10-4;1-2-3/h3H,1-2H3;2H,1H3. The minimum absolute atomic E-state index is 0.238. The van der Waals surface area contributed by atoms with Crippen LogP contribution in [0.25, 0.3) is 0 Å². The summed E-state index contributed by atoms with van der Waals surface area (Å²) >= 11 is 0. The zero-order valence-corrected chi connectivity index (χ0v) is 7.73. The highest BCUT2D eigenvalue weighted by Gasteiger charge is 2.12. The van der Waals surface area contributed by atoms with Crippen LogP contribution >= 0.6 is 0 Å². The highest BCUT2D eigenvalue weighted by atomic mass is 16.5. The van der Waals surface area contributed by atoms with E-state index in [0.29, 0.717) is 5.76 Å². The van der Waals surface area contributed by atoms with Gasteiger partial charge >= 0.3 is 5.97 Å². The van der Waals surface area contributed by atoms with Crippen LogP contribution in [-0.2, 0) is 9.53 Å². The van der Waals surface area contributed by atoms with E-state index in [9.17, 15) is 4.79 Å². The van der Waals surface area contributed by atoms with Crippen molar-refractivity contribution in [1.82, 2.24) is 4.98 Å². The van der Waals surface area contributed by atoms with E-state index in [1.165, 1.54) is 20.4 Å². The summed E-state index contributed by atoms with van der Waals surface area (Å²) in [5, 5.41) is 0. The molecule has 0 radical (unpaired) electrons. The number of rotatable bonds is 1. The number of aryl methyl sites for hydroxylation is 1. The fraction of sp³-hybridized carbons (Fsp3) is 0.375. The molecule has 0 amide bonds. The van der Waals surface area contributed by atoms with Gasteiger partial charge in [-0.25, -0.2) is 9.78 Å². The number of aldehydes is 1. The van der Waals surface area contributed by atoms with E-state index in [-0.39, 0.29) is 5.69 Å². The van der Waals surface area contributed by atoms with Crippen LogP contribution in [0.3, 0.4) is 0 Å². The van der Waals surface area contributed by atoms with Crippen molar-refractivity contribution in [2.75, 3.05) is 7.11 Å². The third kappa shape index (κ3) is 3.50. The van der Waals surface area contributed by atoms with Crippen LogP contribution in [0.1, 0.15) is 23.2 Å². The maximum absolute atomic E-state index is 10.8. The van der Waals surface area contributed by atoms with Crippen LogP contribution < -0.4 is 0 Å². The number of hydrogen-bond donors (Lipinski definition) is 0. The SMILES string of the molecule is CC=O.COC(=O)c1ncoc1C. The molecule has 0 aliphatic carbocycles. The van der Waals surface area contributed by atoms with Crippen molar-refractivity contribution in [2.24, 2.45) is 0 Å². The second-order valence-corrected chi connectivity index (χ2v) is 1.98. The number of carbonyl (C=O) groups excluding carboxylic acids is 2. The van der Waals surface area contributed by atoms with E-state index in [4.69, 9.17) is 9.21 Å². The van der Waals surface area contributed by atoms with E-state index in [1.807, 2.05) is 0 Å². The molecule has 5 heteroatoms. The maximum Gasteiger partial charge on any atom is 0.360 e. The molecule has 1 heterocycles. The predicted molar refractivity (Wildman–Crippen MR) is 44.3 cm³/mol. The Morgan fingerprint density at radius 1 is 1.69 bits per heavy atom. The first-order valence-electron chi connectivity index (χ1n) is 3.55. The minimum Gasteiger partial charge on any atom is -0.464 e. The van der Waals surface area contributed by atoms with Gasteiger partial charge in [-0.3, -0.25) is 0 Å². The number of nitrogens with zero attached hydrogens (tertiary/aromatic N) is 1. The molecular formula is C8H11NO4. The summed E-state index contributed by atoms with van der Waals surface area (Å²) in [6.07, 6.45) is 1.96. The zero-order valence-electron chi connectivity index (χ0n) is 7.73. The molecule has 72 valence electrons. The first-order valence-corrected chi connectivity index (χ1v) is 3.55. The molecule has 1 aromatic heterocycles. The summed E-state index contributed by atoms with van der Waals surface area (Å²) in [5.41, 5.74) is 0.238. The molecule has 0 aliphatic heterocycles. The Balaban J connectivity index is 0.000000424. The van der Waals surface area contributed by atoms with Crippen LogP contribution in [-0.4, -0.2) is 24.3 Å². The molecule has 0 fully saturated rings. The number of aromatic nitrogens is 1. The van der Waals surface area contributed by atoms with Gasteiger partial charge in [0, 0.05) is 0 Å². The van der Waals surface area contributed by atoms with E-state index < -0.39 is 5.97 Å². The van der Waals surface area contributed by atoms with Crippen molar-refractivity contribution < 1.29 is 18.7 Å². The maximum atomic E-state index is 10.8. The molecule has 0 aliphatic rings. The van der Waals surface area contributed by atoms with Gasteiger partial charge in [0.1, 0.15) is 12.0 Å².